The second kappa shape index (κ2) is 5.57. The lowest BCUT2D eigenvalue weighted by Crippen LogP contribution is -2.47. The van der Waals surface area contributed by atoms with E-state index in [1.807, 2.05) is 14.1 Å². The summed E-state index contributed by atoms with van der Waals surface area (Å²) in [7, 11) is 3.67. The van der Waals surface area contributed by atoms with Crippen molar-refractivity contribution in [2.24, 2.45) is 0 Å². The van der Waals surface area contributed by atoms with Gasteiger partial charge in [-0.3, -0.25) is 9.69 Å². The van der Waals surface area contributed by atoms with Crippen LogP contribution in [0.1, 0.15) is 39.5 Å². The van der Waals surface area contributed by atoms with Crippen LogP contribution in [-0.2, 0) is 4.79 Å². The lowest BCUT2D eigenvalue weighted by molar-refractivity contribution is -0.130. The SMILES string of the molecule is CC(C)N(CC1CCC(C(=O)N(C)C)N1)C1CC1. The predicted octanol–water partition coefficient (Wildman–Crippen LogP) is 1.07. The lowest BCUT2D eigenvalue weighted by Gasteiger charge is -2.29. The fourth-order valence-corrected chi connectivity index (χ4v) is 2.91. The van der Waals surface area contributed by atoms with Crippen molar-refractivity contribution in [3.05, 3.63) is 0 Å². The van der Waals surface area contributed by atoms with Crippen molar-refractivity contribution in [2.75, 3.05) is 20.6 Å². The van der Waals surface area contributed by atoms with Gasteiger partial charge in [0.2, 0.25) is 5.91 Å². The molecule has 2 fully saturated rings. The van der Waals surface area contributed by atoms with Crippen molar-refractivity contribution in [1.29, 1.82) is 0 Å². The quantitative estimate of drug-likeness (QED) is 0.796. The first kappa shape index (κ1) is 13.8. The summed E-state index contributed by atoms with van der Waals surface area (Å²) in [5.74, 6) is 0.222. The molecule has 1 aliphatic carbocycles. The van der Waals surface area contributed by atoms with Crippen LogP contribution in [0.4, 0.5) is 0 Å². The van der Waals surface area contributed by atoms with Gasteiger partial charge in [-0.1, -0.05) is 0 Å². The van der Waals surface area contributed by atoms with Gasteiger partial charge in [0.15, 0.2) is 0 Å². The zero-order valence-electron chi connectivity index (χ0n) is 12.1. The molecule has 1 aliphatic heterocycles. The van der Waals surface area contributed by atoms with Gasteiger partial charge in [0.05, 0.1) is 6.04 Å². The summed E-state index contributed by atoms with van der Waals surface area (Å²) >= 11 is 0. The fourth-order valence-electron chi connectivity index (χ4n) is 2.91. The number of carbonyl (C=O) groups excluding carboxylic acids is 1. The summed E-state index contributed by atoms with van der Waals surface area (Å²) < 4.78 is 0. The maximum absolute atomic E-state index is 11.9. The molecule has 4 nitrogen and oxygen atoms in total. The van der Waals surface area contributed by atoms with Gasteiger partial charge in [0, 0.05) is 38.8 Å². The molecule has 0 spiro atoms. The molecule has 4 heteroatoms. The average Bonchev–Trinajstić information content (AvgIpc) is 3.03. The Morgan fingerprint density at radius 2 is 1.89 bits per heavy atom. The highest BCUT2D eigenvalue weighted by Crippen LogP contribution is 2.29. The topological polar surface area (TPSA) is 35.6 Å². The van der Waals surface area contributed by atoms with Crippen LogP contribution in [0, 0.1) is 0 Å². The Morgan fingerprint density at radius 1 is 1.22 bits per heavy atom. The van der Waals surface area contributed by atoms with Crippen LogP contribution >= 0.6 is 0 Å². The van der Waals surface area contributed by atoms with Crippen LogP contribution in [0.25, 0.3) is 0 Å². The third kappa shape index (κ3) is 3.23. The molecule has 2 unspecified atom stereocenters. The number of nitrogens with zero attached hydrogens (tertiary/aromatic N) is 2. The average molecular weight is 253 g/mol. The molecule has 1 saturated heterocycles. The lowest BCUT2D eigenvalue weighted by atomic mass is 10.1. The van der Waals surface area contributed by atoms with Crippen LogP contribution < -0.4 is 5.32 Å². The molecule has 18 heavy (non-hydrogen) atoms. The predicted molar refractivity (Wildman–Crippen MR) is 73.5 cm³/mol. The first-order valence-electron chi connectivity index (χ1n) is 7.22. The van der Waals surface area contributed by atoms with E-state index in [-0.39, 0.29) is 11.9 Å². The number of rotatable bonds is 5. The first-order chi connectivity index (χ1) is 8.49. The molecule has 0 aromatic carbocycles. The van der Waals surface area contributed by atoms with Gasteiger partial charge in [-0.2, -0.15) is 0 Å². The molecule has 1 N–H and O–H groups in total. The normalized spacial score (nSPS) is 28.1. The van der Waals surface area contributed by atoms with Crippen molar-refractivity contribution < 1.29 is 4.79 Å². The van der Waals surface area contributed by atoms with Crippen LogP contribution in [0.3, 0.4) is 0 Å². The van der Waals surface area contributed by atoms with E-state index in [0.29, 0.717) is 12.1 Å². The van der Waals surface area contributed by atoms with Crippen molar-refractivity contribution >= 4 is 5.91 Å². The molecule has 1 amide bonds. The molecule has 2 aliphatic rings. The molecular weight excluding hydrogens is 226 g/mol. The molecule has 1 saturated carbocycles. The molecule has 1 heterocycles. The number of nitrogens with one attached hydrogen (secondary N) is 1. The second-order valence-corrected chi connectivity index (χ2v) is 6.25. The minimum atomic E-state index is 0.0400. The molecule has 0 aromatic heterocycles. The molecule has 2 rings (SSSR count). The molecule has 0 aromatic rings. The summed E-state index contributed by atoms with van der Waals surface area (Å²) in [5.41, 5.74) is 0. The minimum Gasteiger partial charge on any atom is -0.347 e. The molecule has 104 valence electrons. The van der Waals surface area contributed by atoms with Gasteiger partial charge >= 0.3 is 0 Å². The number of carbonyl (C=O) groups is 1. The number of amides is 1. The van der Waals surface area contributed by atoms with Crippen molar-refractivity contribution in [3.63, 3.8) is 0 Å². The molecular formula is C14H27N3O. The zero-order chi connectivity index (χ0) is 13.3. The number of likely N-dealkylation sites (N-methyl/N-ethyl adjacent to an activating group) is 1. The van der Waals surface area contributed by atoms with E-state index in [4.69, 9.17) is 0 Å². The van der Waals surface area contributed by atoms with Crippen LogP contribution in [0.15, 0.2) is 0 Å². The molecule has 2 atom stereocenters. The third-order valence-corrected chi connectivity index (χ3v) is 4.09. The van der Waals surface area contributed by atoms with E-state index in [1.165, 1.54) is 12.8 Å². The van der Waals surface area contributed by atoms with Gasteiger partial charge < -0.3 is 10.2 Å². The van der Waals surface area contributed by atoms with E-state index in [2.05, 4.69) is 24.1 Å². The third-order valence-electron chi connectivity index (χ3n) is 4.09. The van der Waals surface area contributed by atoms with Crippen LogP contribution in [-0.4, -0.2) is 60.5 Å². The Morgan fingerprint density at radius 3 is 2.39 bits per heavy atom. The Labute approximate surface area is 111 Å². The van der Waals surface area contributed by atoms with Crippen LogP contribution in [0.2, 0.25) is 0 Å². The fraction of sp³-hybridized carbons (Fsp3) is 0.929. The molecule has 0 radical (unpaired) electrons. The second-order valence-electron chi connectivity index (χ2n) is 6.25. The van der Waals surface area contributed by atoms with Gasteiger partial charge in [-0.25, -0.2) is 0 Å². The van der Waals surface area contributed by atoms with E-state index in [9.17, 15) is 4.79 Å². The van der Waals surface area contributed by atoms with E-state index in [0.717, 1.165) is 25.4 Å². The van der Waals surface area contributed by atoms with Crippen molar-refractivity contribution in [2.45, 2.75) is 63.7 Å². The number of hydrogen-bond acceptors (Lipinski definition) is 3. The van der Waals surface area contributed by atoms with E-state index >= 15 is 0 Å². The van der Waals surface area contributed by atoms with Gasteiger partial charge in [0.1, 0.15) is 0 Å². The summed E-state index contributed by atoms with van der Waals surface area (Å²) in [6, 6.07) is 1.94. The minimum absolute atomic E-state index is 0.0400. The monoisotopic (exact) mass is 253 g/mol. The highest BCUT2D eigenvalue weighted by Gasteiger charge is 2.35. The summed E-state index contributed by atoms with van der Waals surface area (Å²) in [6.07, 6.45) is 4.81. The standard InChI is InChI=1S/C14H27N3O/c1-10(2)17(12-6-7-12)9-11-5-8-13(15-11)14(18)16(3)4/h10-13,15H,5-9H2,1-4H3. The van der Waals surface area contributed by atoms with E-state index in [1.54, 1.807) is 4.90 Å². The highest BCUT2D eigenvalue weighted by molar-refractivity contribution is 5.81. The first-order valence-corrected chi connectivity index (χ1v) is 7.22. The Kier molecular flexibility index (Phi) is 4.28. The summed E-state index contributed by atoms with van der Waals surface area (Å²) in [6.45, 7) is 5.64. The van der Waals surface area contributed by atoms with Gasteiger partial charge in [0.25, 0.3) is 0 Å². The van der Waals surface area contributed by atoms with Crippen LogP contribution in [0.5, 0.6) is 0 Å². The van der Waals surface area contributed by atoms with Crippen molar-refractivity contribution in [1.82, 2.24) is 15.1 Å². The van der Waals surface area contributed by atoms with Gasteiger partial charge in [-0.15, -0.1) is 0 Å². The number of hydrogen-bond donors (Lipinski definition) is 1. The Bertz CT molecular complexity index is 297. The maximum Gasteiger partial charge on any atom is 0.239 e. The smallest absolute Gasteiger partial charge is 0.239 e. The largest absolute Gasteiger partial charge is 0.347 e. The Hall–Kier alpha value is -0.610. The Balaban J connectivity index is 1.83. The maximum atomic E-state index is 11.9. The zero-order valence-corrected chi connectivity index (χ0v) is 12.1. The molecule has 0 bridgehead atoms. The summed E-state index contributed by atoms with van der Waals surface area (Å²) in [5, 5.41) is 3.51. The van der Waals surface area contributed by atoms with E-state index < -0.39 is 0 Å². The van der Waals surface area contributed by atoms with Crippen molar-refractivity contribution in [3.8, 4) is 0 Å². The summed E-state index contributed by atoms with van der Waals surface area (Å²) in [4.78, 5) is 16.2. The highest BCUT2D eigenvalue weighted by atomic mass is 16.2. The van der Waals surface area contributed by atoms with Gasteiger partial charge in [-0.05, 0) is 39.5 Å².